The van der Waals surface area contributed by atoms with Gasteiger partial charge in [0.05, 0.1) is 0 Å². The van der Waals surface area contributed by atoms with Crippen LogP contribution in [0.25, 0.3) is 0 Å². The first-order valence-corrected chi connectivity index (χ1v) is 0.975. The maximum atomic E-state index is 8.65. The van der Waals surface area contributed by atoms with Gasteiger partial charge in [-0.25, -0.2) is 9.90 Å². The van der Waals surface area contributed by atoms with Crippen LogP contribution in [0.5, 0.6) is 0 Å². The molecule has 2 nitrogen and oxygen atoms in total. The third-order valence-electron chi connectivity index (χ3n) is 0. The number of carbonyl (C=O) groups excluding carboxylic acids is 1. The topological polar surface area (TPSA) is 37.0 Å². The summed E-state index contributed by atoms with van der Waals surface area (Å²) in [6, 6.07) is 0. The number of rotatable bonds is 0. The molecule has 0 heterocycles. The highest BCUT2D eigenvalue weighted by Crippen LogP contribution is 1.69. The molecule has 0 atom stereocenters. The summed E-state index contributed by atoms with van der Waals surface area (Å²) < 4.78 is 0. The largest absolute Gasteiger partial charge is 0.448 e. The summed E-state index contributed by atoms with van der Waals surface area (Å²) in [7, 11) is 0. The van der Waals surface area contributed by atoms with Crippen LogP contribution in [0.15, 0.2) is 0 Å². The van der Waals surface area contributed by atoms with Gasteiger partial charge in [0.1, 0.15) is 0 Å². The molecule has 0 unspecified atom stereocenters. The van der Waals surface area contributed by atoms with Crippen molar-refractivity contribution in [1.82, 2.24) is 0 Å². The summed E-state index contributed by atoms with van der Waals surface area (Å²) in [5.74, 6) is 0. The first-order chi connectivity index (χ1) is 1.73. The summed E-state index contributed by atoms with van der Waals surface area (Å²) in [5.41, 5.74) is -1.61. The lowest BCUT2D eigenvalue weighted by molar-refractivity contribution is 0.197. The Balaban J connectivity index is 2.80. The minimum Gasteiger partial charge on any atom is -0.227 e. The van der Waals surface area contributed by atoms with Crippen molar-refractivity contribution in [2.24, 2.45) is 0 Å². The van der Waals surface area contributed by atoms with Gasteiger partial charge in [0, 0.05) is 11.6 Å². The van der Waals surface area contributed by atoms with Gasteiger partial charge in [0.2, 0.25) is 0 Å². The molecular formula is CClO2. The van der Waals surface area contributed by atoms with Crippen LogP contribution in [0.2, 0.25) is 0 Å². The first-order valence-electron chi connectivity index (χ1n) is 0.597. The van der Waals surface area contributed by atoms with E-state index in [0.717, 1.165) is 0 Å². The number of hydrogen-bond acceptors (Lipinski definition) is 1. The van der Waals surface area contributed by atoms with Crippen LogP contribution in [-0.2, 0) is 5.11 Å². The van der Waals surface area contributed by atoms with Crippen molar-refractivity contribution in [1.29, 1.82) is 0 Å². The second-order valence-electron chi connectivity index (χ2n) is 0.238. The molecular weight excluding hydrogens is 79.5 g/mol. The standard InChI is InChI=1S/CClO2/c2-1(3)4. The normalized spacial score (nSPS) is 6.25. The molecule has 0 aliphatic rings. The Morgan fingerprint density at radius 1 is 1.75 bits per heavy atom. The van der Waals surface area contributed by atoms with Crippen molar-refractivity contribution in [2.75, 3.05) is 0 Å². The Bertz CT molecular complexity index is 29.0. The van der Waals surface area contributed by atoms with E-state index in [1.807, 2.05) is 0 Å². The molecule has 3 heteroatoms. The van der Waals surface area contributed by atoms with Crippen molar-refractivity contribution < 1.29 is 9.90 Å². The average Bonchev–Trinajstić information content (AvgIpc) is 0.811. The molecule has 0 N–H and O–H groups in total. The highest BCUT2D eigenvalue weighted by atomic mass is 35.5. The Morgan fingerprint density at radius 3 is 1.75 bits per heavy atom. The minimum absolute atomic E-state index is 1.61. The quantitative estimate of drug-likeness (QED) is 0.395. The molecule has 0 spiro atoms. The van der Waals surface area contributed by atoms with Crippen LogP contribution in [0.4, 0.5) is 4.79 Å². The number of carbonyl (C=O) groups is 1. The smallest absolute Gasteiger partial charge is 0.227 e. The van der Waals surface area contributed by atoms with Crippen molar-refractivity contribution >= 4 is 17.0 Å². The lowest BCUT2D eigenvalue weighted by Gasteiger charge is -1.46. The van der Waals surface area contributed by atoms with Crippen molar-refractivity contribution in [3.63, 3.8) is 0 Å². The predicted molar refractivity (Wildman–Crippen MR) is 11.9 cm³/mol. The maximum Gasteiger partial charge on any atom is 0.448 e. The van der Waals surface area contributed by atoms with Crippen LogP contribution in [0, 0.1) is 0 Å². The van der Waals surface area contributed by atoms with Gasteiger partial charge in [0.25, 0.3) is 0 Å². The van der Waals surface area contributed by atoms with Crippen LogP contribution in [-0.4, -0.2) is 5.43 Å². The van der Waals surface area contributed by atoms with Crippen molar-refractivity contribution in [2.45, 2.75) is 0 Å². The second-order valence-corrected chi connectivity index (χ2v) is 0.546. The lowest BCUT2D eigenvalue weighted by Crippen LogP contribution is -1.62. The molecule has 0 aromatic carbocycles. The summed E-state index contributed by atoms with van der Waals surface area (Å²) >= 11 is 4.08. The monoisotopic (exact) mass is 79.0 g/mol. The third-order valence-corrected chi connectivity index (χ3v) is 0. The molecule has 0 rings (SSSR count). The van der Waals surface area contributed by atoms with Gasteiger partial charge in [-0.15, -0.1) is 0 Å². The fourth-order valence-electron chi connectivity index (χ4n) is 0. The lowest BCUT2D eigenvalue weighted by atomic mass is 11.6. The Kier molecular flexibility index (Phi) is 1.05. The molecule has 0 aromatic rings. The Labute approximate surface area is 28.0 Å². The average molecular weight is 79.5 g/mol. The van der Waals surface area contributed by atoms with Gasteiger partial charge in [-0.1, -0.05) is 0 Å². The summed E-state index contributed by atoms with van der Waals surface area (Å²) in [6.45, 7) is 0. The molecule has 0 aliphatic carbocycles. The molecule has 0 amide bonds. The minimum atomic E-state index is -1.61. The fourth-order valence-corrected chi connectivity index (χ4v) is 0. The molecule has 1 radical (unpaired) electrons. The molecule has 23 valence electrons. The van der Waals surface area contributed by atoms with Gasteiger partial charge in [-0.05, 0) is 0 Å². The van der Waals surface area contributed by atoms with E-state index in [1.54, 1.807) is 0 Å². The van der Waals surface area contributed by atoms with Crippen LogP contribution in [0.1, 0.15) is 0 Å². The van der Waals surface area contributed by atoms with Crippen molar-refractivity contribution in [3.8, 4) is 0 Å². The molecule has 0 saturated heterocycles. The maximum absolute atomic E-state index is 8.65. The van der Waals surface area contributed by atoms with E-state index in [-0.39, 0.29) is 0 Å². The first kappa shape index (κ1) is 3.76. The molecule has 0 bridgehead atoms. The Hall–Kier alpha value is -0.240. The van der Waals surface area contributed by atoms with Gasteiger partial charge in [-0.3, -0.25) is 0 Å². The van der Waals surface area contributed by atoms with E-state index in [9.17, 15) is 0 Å². The van der Waals surface area contributed by atoms with E-state index >= 15 is 0 Å². The van der Waals surface area contributed by atoms with Crippen molar-refractivity contribution in [3.05, 3.63) is 0 Å². The predicted octanol–water partition coefficient (Wildman–Crippen LogP) is 0.776. The number of halogens is 1. The number of hydrogen-bond donors (Lipinski definition) is 0. The van der Waals surface area contributed by atoms with E-state index < -0.39 is 5.43 Å². The summed E-state index contributed by atoms with van der Waals surface area (Å²) in [4.78, 5) is 8.65. The van der Waals surface area contributed by atoms with Crippen LogP contribution < -0.4 is 0 Å². The van der Waals surface area contributed by atoms with Gasteiger partial charge in [0.15, 0.2) is 0 Å². The molecule has 4 heavy (non-hydrogen) atoms. The SMILES string of the molecule is [O]C(=O)Cl. The summed E-state index contributed by atoms with van der Waals surface area (Å²) in [6.07, 6.45) is 0. The van der Waals surface area contributed by atoms with Crippen LogP contribution >= 0.6 is 11.6 Å². The van der Waals surface area contributed by atoms with Gasteiger partial charge >= 0.3 is 5.43 Å². The van der Waals surface area contributed by atoms with Gasteiger partial charge in [-0.2, -0.15) is 0 Å². The Morgan fingerprint density at radius 2 is 1.75 bits per heavy atom. The zero-order valence-corrected chi connectivity index (χ0v) is 2.45. The molecule has 0 aliphatic heterocycles. The second kappa shape index (κ2) is 1.12. The molecule has 0 fully saturated rings. The highest BCUT2D eigenvalue weighted by Gasteiger charge is 1.77. The fraction of sp³-hybridized carbons (Fsp3) is 0. The summed E-state index contributed by atoms with van der Waals surface area (Å²) in [5, 5.41) is 8.65. The van der Waals surface area contributed by atoms with Crippen LogP contribution in [0.3, 0.4) is 0 Å². The van der Waals surface area contributed by atoms with E-state index in [4.69, 9.17) is 9.90 Å². The van der Waals surface area contributed by atoms with Gasteiger partial charge < -0.3 is 0 Å². The zero-order chi connectivity index (χ0) is 3.58. The molecule has 0 aromatic heterocycles. The zero-order valence-electron chi connectivity index (χ0n) is 1.69. The van der Waals surface area contributed by atoms with E-state index in [0.29, 0.717) is 0 Å². The molecule has 0 saturated carbocycles. The third kappa shape index (κ3) is 17.6. The van der Waals surface area contributed by atoms with E-state index in [1.165, 1.54) is 0 Å². The highest BCUT2D eigenvalue weighted by molar-refractivity contribution is 6.60. The van der Waals surface area contributed by atoms with E-state index in [2.05, 4.69) is 11.6 Å².